The second-order valence-corrected chi connectivity index (χ2v) is 6.58. The number of nitrogens with zero attached hydrogens (tertiary/aromatic N) is 2. The van der Waals surface area contributed by atoms with Crippen molar-refractivity contribution in [3.8, 4) is 5.75 Å². The lowest BCUT2D eigenvalue weighted by Crippen LogP contribution is -2.34. The zero-order valence-corrected chi connectivity index (χ0v) is 15.9. The number of carbonyl (C=O) groups is 1. The van der Waals surface area contributed by atoms with Gasteiger partial charge >= 0.3 is 6.03 Å². The van der Waals surface area contributed by atoms with Crippen LogP contribution in [0.5, 0.6) is 5.75 Å². The first-order valence-electron chi connectivity index (χ1n) is 9.26. The molecular formula is C22H21N5O2. The monoisotopic (exact) mass is 387 g/mol. The molecule has 7 heteroatoms. The van der Waals surface area contributed by atoms with Crippen molar-refractivity contribution in [2.75, 3.05) is 12.4 Å². The maximum absolute atomic E-state index is 12.6. The standard InChI is InChI=1S/C22H21N5O2/c1-29-17-10-8-15(9-11-17)13-20(21-25-18-6-2-3-7-19(18)26-21)27-22(28)24-16-5-4-12-23-14-16/h2-12,14,20H,13H2,1H3,(H,25,26)(H2,24,27,28). The van der Waals surface area contributed by atoms with Gasteiger partial charge in [-0.3, -0.25) is 4.98 Å². The van der Waals surface area contributed by atoms with Gasteiger partial charge in [-0.25, -0.2) is 9.78 Å². The maximum atomic E-state index is 12.6. The van der Waals surface area contributed by atoms with Crippen LogP contribution in [-0.2, 0) is 6.42 Å². The summed E-state index contributed by atoms with van der Waals surface area (Å²) in [6.07, 6.45) is 3.83. The van der Waals surface area contributed by atoms with Crippen molar-refractivity contribution in [1.82, 2.24) is 20.3 Å². The molecule has 0 aliphatic carbocycles. The molecular weight excluding hydrogens is 366 g/mol. The van der Waals surface area contributed by atoms with Gasteiger partial charge in [0, 0.05) is 6.20 Å². The Kier molecular flexibility index (Phi) is 5.38. The van der Waals surface area contributed by atoms with Gasteiger partial charge in [-0.15, -0.1) is 0 Å². The number of H-pyrrole nitrogens is 1. The number of urea groups is 1. The molecule has 0 aliphatic rings. The Balaban J connectivity index is 1.57. The number of aromatic amines is 1. The normalized spacial score (nSPS) is 11.8. The molecule has 0 fully saturated rings. The van der Waals surface area contributed by atoms with Gasteiger partial charge in [-0.2, -0.15) is 0 Å². The molecule has 3 N–H and O–H groups in total. The molecule has 0 spiro atoms. The fourth-order valence-corrected chi connectivity index (χ4v) is 3.11. The third-order valence-electron chi connectivity index (χ3n) is 4.56. The van der Waals surface area contributed by atoms with Crippen molar-refractivity contribution in [2.24, 2.45) is 0 Å². The quantitative estimate of drug-likeness (QED) is 0.465. The Morgan fingerprint density at radius 2 is 1.93 bits per heavy atom. The van der Waals surface area contributed by atoms with Crippen molar-refractivity contribution in [2.45, 2.75) is 12.5 Å². The number of imidazole rings is 1. The van der Waals surface area contributed by atoms with Crippen molar-refractivity contribution >= 4 is 22.8 Å². The predicted molar refractivity (Wildman–Crippen MR) is 112 cm³/mol. The lowest BCUT2D eigenvalue weighted by atomic mass is 10.1. The average molecular weight is 387 g/mol. The summed E-state index contributed by atoms with van der Waals surface area (Å²) in [5.41, 5.74) is 3.46. The fraction of sp³-hybridized carbons (Fsp3) is 0.136. The third kappa shape index (κ3) is 4.52. The molecule has 0 radical (unpaired) electrons. The molecule has 0 saturated heterocycles. The minimum atomic E-state index is -0.340. The Bertz CT molecular complexity index is 1060. The number of methoxy groups -OCH3 is 1. The first-order chi connectivity index (χ1) is 14.2. The van der Waals surface area contributed by atoms with E-state index in [4.69, 9.17) is 4.74 Å². The van der Waals surface area contributed by atoms with E-state index in [-0.39, 0.29) is 12.1 Å². The van der Waals surface area contributed by atoms with Crippen LogP contribution in [0.4, 0.5) is 10.5 Å². The van der Waals surface area contributed by atoms with E-state index < -0.39 is 0 Å². The van der Waals surface area contributed by atoms with Crippen LogP contribution in [0.25, 0.3) is 11.0 Å². The van der Waals surface area contributed by atoms with Crippen LogP contribution < -0.4 is 15.4 Å². The fourth-order valence-electron chi connectivity index (χ4n) is 3.11. The molecule has 0 saturated carbocycles. The zero-order chi connectivity index (χ0) is 20.1. The summed E-state index contributed by atoms with van der Waals surface area (Å²) in [5, 5.41) is 5.82. The summed E-state index contributed by atoms with van der Waals surface area (Å²) >= 11 is 0. The molecule has 4 rings (SSSR count). The highest BCUT2D eigenvalue weighted by molar-refractivity contribution is 5.89. The van der Waals surface area contributed by atoms with Crippen LogP contribution in [-0.4, -0.2) is 28.1 Å². The van der Waals surface area contributed by atoms with E-state index >= 15 is 0 Å². The highest BCUT2D eigenvalue weighted by atomic mass is 16.5. The SMILES string of the molecule is COc1ccc(CC(NC(=O)Nc2cccnc2)c2nc3ccccc3[nH]2)cc1. The minimum absolute atomic E-state index is 0.322. The first kappa shape index (κ1) is 18.5. The second-order valence-electron chi connectivity index (χ2n) is 6.58. The largest absolute Gasteiger partial charge is 0.497 e. The van der Waals surface area contributed by atoms with Gasteiger partial charge in [0.1, 0.15) is 11.6 Å². The zero-order valence-electron chi connectivity index (χ0n) is 15.9. The van der Waals surface area contributed by atoms with E-state index in [0.717, 1.165) is 22.3 Å². The first-order valence-corrected chi connectivity index (χ1v) is 9.26. The number of nitrogens with one attached hydrogen (secondary N) is 3. The van der Waals surface area contributed by atoms with Crippen molar-refractivity contribution < 1.29 is 9.53 Å². The molecule has 2 aromatic carbocycles. The minimum Gasteiger partial charge on any atom is -0.497 e. The van der Waals surface area contributed by atoms with E-state index in [0.29, 0.717) is 17.9 Å². The van der Waals surface area contributed by atoms with Gasteiger partial charge in [-0.1, -0.05) is 24.3 Å². The van der Waals surface area contributed by atoms with Gasteiger partial charge in [0.05, 0.1) is 36.1 Å². The molecule has 2 heterocycles. The molecule has 7 nitrogen and oxygen atoms in total. The van der Waals surface area contributed by atoms with Crippen molar-refractivity contribution in [3.63, 3.8) is 0 Å². The number of para-hydroxylation sites is 2. The van der Waals surface area contributed by atoms with Crippen LogP contribution in [0.15, 0.2) is 73.1 Å². The molecule has 29 heavy (non-hydrogen) atoms. The van der Waals surface area contributed by atoms with E-state index in [1.54, 1.807) is 31.6 Å². The molecule has 4 aromatic rings. The van der Waals surface area contributed by atoms with E-state index in [1.165, 1.54) is 0 Å². The number of amides is 2. The summed E-state index contributed by atoms with van der Waals surface area (Å²) in [5.74, 6) is 1.49. The topological polar surface area (TPSA) is 91.9 Å². The van der Waals surface area contributed by atoms with Gasteiger partial charge in [0.15, 0.2) is 0 Å². The second kappa shape index (κ2) is 8.43. The number of pyridine rings is 1. The number of hydrogen-bond donors (Lipinski definition) is 3. The van der Waals surface area contributed by atoms with Gasteiger partial charge in [-0.05, 0) is 48.4 Å². The summed E-state index contributed by atoms with van der Waals surface area (Å²) in [6, 6.07) is 18.5. The van der Waals surface area contributed by atoms with E-state index in [9.17, 15) is 4.79 Å². The molecule has 146 valence electrons. The van der Waals surface area contributed by atoms with Gasteiger partial charge in [0.25, 0.3) is 0 Å². The van der Waals surface area contributed by atoms with Crippen molar-refractivity contribution in [3.05, 3.63) is 84.4 Å². The van der Waals surface area contributed by atoms with E-state index in [1.807, 2.05) is 48.5 Å². The molecule has 1 unspecified atom stereocenters. The number of carbonyl (C=O) groups excluding carboxylic acids is 1. The van der Waals surface area contributed by atoms with Crippen LogP contribution in [0, 0.1) is 0 Å². The molecule has 0 aliphatic heterocycles. The number of fused-ring (bicyclic) bond motifs is 1. The summed E-state index contributed by atoms with van der Waals surface area (Å²) in [4.78, 5) is 24.6. The van der Waals surface area contributed by atoms with Crippen LogP contribution in [0.2, 0.25) is 0 Å². The average Bonchev–Trinajstić information content (AvgIpc) is 3.19. The molecule has 2 aromatic heterocycles. The van der Waals surface area contributed by atoms with Gasteiger partial charge in [0.2, 0.25) is 0 Å². The van der Waals surface area contributed by atoms with Crippen LogP contribution in [0.3, 0.4) is 0 Å². The summed E-state index contributed by atoms with van der Waals surface area (Å²) in [7, 11) is 1.64. The van der Waals surface area contributed by atoms with Crippen LogP contribution in [0.1, 0.15) is 17.4 Å². The summed E-state index contributed by atoms with van der Waals surface area (Å²) in [6.45, 7) is 0. The number of hydrogen-bond acceptors (Lipinski definition) is 4. The highest BCUT2D eigenvalue weighted by Gasteiger charge is 2.19. The Morgan fingerprint density at radius 3 is 2.66 bits per heavy atom. The Hall–Kier alpha value is -3.87. The Morgan fingerprint density at radius 1 is 1.10 bits per heavy atom. The molecule has 2 amide bonds. The van der Waals surface area contributed by atoms with E-state index in [2.05, 4.69) is 25.6 Å². The number of anilines is 1. The number of benzene rings is 2. The van der Waals surface area contributed by atoms with Crippen molar-refractivity contribution in [1.29, 1.82) is 0 Å². The lowest BCUT2D eigenvalue weighted by Gasteiger charge is -2.17. The molecule has 0 bridgehead atoms. The number of ether oxygens (including phenoxy) is 1. The predicted octanol–water partition coefficient (Wildman–Crippen LogP) is 4.07. The Labute approximate surface area is 168 Å². The van der Waals surface area contributed by atoms with Crippen LogP contribution >= 0.6 is 0 Å². The van der Waals surface area contributed by atoms with Gasteiger partial charge < -0.3 is 20.4 Å². The molecule has 1 atom stereocenters. The highest BCUT2D eigenvalue weighted by Crippen LogP contribution is 2.21. The lowest BCUT2D eigenvalue weighted by molar-refractivity contribution is 0.248. The number of aromatic nitrogens is 3. The number of rotatable bonds is 6. The smallest absolute Gasteiger partial charge is 0.319 e. The third-order valence-corrected chi connectivity index (χ3v) is 4.56. The summed E-state index contributed by atoms with van der Waals surface area (Å²) < 4.78 is 5.23. The maximum Gasteiger partial charge on any atom is 0.319 e.